The third kappa shape index (κ3) is 5.26. The molecule has 0 bridgehead atoms. The van der Waals surface area contributed by atoms with E-state index in [0.29, 0.717) is 17.5 Å². The van der Waals surface area contributed by atoms with Crippen LogP contribution >= 0.6 is 0 Å². The second-order valence-electron chi connectivity index (χ2n) is 7.73. The molecule has 0 aliphatic heterocycles. The highest BCUT2D eigenvalue weighted by Gasteiger charge is 2.17. The molecule has 0 aliphatic carbocycles. The summed E-state index contributed by atoms with van der Waals surface area (Å²) in [4.78, 5) is 11.5. The van der Waals surface area contributed by atoms with Crippen LogP contribution in [-0.4, -0.2) is 57.7 Å². The van der Waals surface area contributed by atoms with E-state index >= 15 is 0 Å². The van der Waals surface area contributed by atoms with E-state index in [4.69, 9.17) is 14.4 Å². The molecule has 1 aromatic carbocycles. The maximum atomic E-state index is 9.61. The fourth-order valence-electron chi connectivity index (χ4n) is 3.62. The van der Waals surface area contributed by atoms with Crippen molar-refractivity contribution >= 4 is 5.82 Å². The number of anilines is 1. The highest BCUT2D eigenvalue weighted by Crippen LogP contribution is 2.32. The molecule has 8 nitrogen and oxygen atoms in total. The largest absolute Gasteiger partial charge is 0.490 e. The van der Waals surface area contributed by atoms with Crippen molar-refractivity contribution in [1.82, 2.24) is 15.1 Å². The van der Waals surface area contributed by atoms with E-state index < -0.39 is 6.10 Å². The number of rotatable bonds is 10. The van der Waals surface area contributed by atoms with Crippen LogP contribution in [0.1, 0.15) is 37.6 Å². The van der Waals surface area contributed by atoms with Gasteiger partial charge in [-0.2, -0.15) is 4.98 Å². The van der Waals surface area contributed by atoms with E-state index in [-0.39, 0.29) is 13.2 Å². The van der Waals surface area contributed by atoms with Gasteiger partial charge in [0, 0.05) is 29.9 Å². The van der Waals surface area contributed by atoms with Gasteiger partial charge in [0.25, 0.3) is 5.89 Å². The third-order valence-corrected chi connectivity index (χ3v) is 5.32. The lowest BCUT2D eigenvalue weighted by atomic mass is 10.0. The Morgan fingerprint density at radius 2 is 1.78 bits per heavy atom. The molecule has 3 rings (SSSR count). The van der Waals surface area contributed by atoms with Crippen LogP contribution in [0.3, 0.4) is 0 Å². The van der Waals surface area contributed by atoms with Gasteiger partial charge >= 0.3 is 0 Å². The topological polar surface area (TPSA) is 105 Å². The molecule has 0 radical (unpaired) electrons. The number of pyridine rings is 1. The van der Waals surface area contributed by atoms with E-state index in [1.165, 1.54) is 0 Å². The number of ether oxygens (including phenoxy) is 1. The van der Waals surface area contributed by atoms with Crippen LogP contribution in [0.2, 0.25) is 0 Å². The number of aromatic nitrogens is 3. The minimum absolute atomic E-state index is 0.0324. The molecule has 0 saturated carbocycles. The number of aryl methyl sites for hydroxylation is 3. The normalized spacial score (nSPS) is 12.1. The van der Waals surface area contributed by atoms with Crippen LogP contribution in [0.4, 0.5) is 5.82 Å². The zero-order valence-corrected chi connectivity index (χ0v) is 19.4. The van der Waals surface area contributed by atoms with E-state index in [2.05, 4.69) is 33.9 Å². The van der Waals surface area contributed by atoms with E-state index in [1.807, 2.05) is 45.0 Å². The summed E-state index contributed by atoms with van der Waals surface area (Å²) in [5, 5.41) is 22.8. The van der Waals surface area contributed by atoms with Crippen molar-refractivity contribution in [2.45, 2.75) is 47.1 Å². The minimum Gasteiger partial charge on any atom is -0.490 e. The van der Waals surface area contributed by atoms with Crippen molar-refractivity contribution in [3.05, 3.63) is 41.1 Å². The Kier molecular flexibility index (Phi) is 7.82. The van der Waals surface area contributed by atoms with Crippen LogP contribution in [0.15, 0.2) is 28.8 Å². The summed E-state index contributed by atoms with van der Waals surface area (Å²) in [6.45, 7) is 11.6. The summed E-state index contributed by atoms with van der Waals surface area (Å²) in [6, 6.07) is 7.83. The zero-order valence-electron chi connectivity index (χ0n) is 19.4. The minimum atomic E-state index is -0.915. The standard InChI is InChI=1S/C24H32N4O4/c1-6-17-11-19(9-15(4)22(17)31-14-20(30)13-29)24-26-23(27-32-24)18-10-16(5)25-21(12-18)28(7-2)8-3/h9-12,20,29-30H,6-8,13-14H2,1-5H3. The van der Waals surface area contributed by atoms with Gasteiger partial charge in [-0.05, 0) is 69.5 Å². The van der Waals surface area contributed by atoms with Gasteiger partial charge in [0.2, 0.25) is 5.82 Å². The summed E-state index contributed by atoms with van der Waals surface area (Å²) in [6.07, 6.45) is -0.181. The highest BCUT2D eigenvalue weighted by molar-refractivity contribution is 5.65. The first kappa shape index (κ1) is 23.7. The van der Waals surface area contributed by atoms with Crippen LogP contribution in [0, 0.1) is 13.8 Å². The second kappa shape index (κ2) is 10.6. The lowest BCUT2D eigenvalue weighted by Crippen LogP contribution is -2.23. The summed E-state index contributed by atoms with van der Waals surface area (Å²) < 4.78 is 11.4. The Morgan fingerprint density at radius 3 is 2.44 bits per heavy atom. The average Bonchev–Trinajstić information content (AvgIpc) is 3.28. The number of aliphatic hydroxyl groups is 2. The molecule has 1 atom stereocenters. The van der Waals surface area contributed by atoms with Gasteiger partial charge in [0.15, 0.2) is 0 Å². The first-order valence-electron chi connectivity index (χ1n) is 11.0. The number of hydrogen-bond donors (Lipinski definition) is 2. The molecule has 0 aliphatic rings. The van der Waals surface area contributed by atoms with Crippen molar-refractivity contribution in [2.75, 3.05) is 31.2 Å². The lowest BCUT2D eigenvalue weighted by Gasteiger charge is -2.20. The Hall–Kier alpha value is -2.97. The maximum Gasteiger partial charge on any atom is 0.258 e. The molecule has 8 heteroatoms. The van der Waals surface area contributed by atoms with Gasteiger partial charge in [-0.15, -0.1) is 0 Å². The van der Waals surface area contributed by atoms with Gasteiger partial charge in [0.05, 0.1) is 6.61 Å². The average molecular weight is 441 g/mol. The molecule has 1 unspecified atom stereocenters. The van der Waals surface area contributed by atoms with Gasteiger partial charge < -0.3 is 24.4 Å². The zero-order chi connectivity index (χ0) is 23.3. The molecule has 2 heterocycles. The van der Waals surface area contributed by atoms with Crippen molar-refractivity contribution in [3.63, 3.8) is 0 Å². The van der Waals surface area contributed by atoms with Crippen molar-refractivity contribution < 1.29 is 19.5 Å². The summed E-state index contributed by atoms with van der Waals surface area (Å²) in [5.74, 6) is 2.55. The summed E-state index contributed by atoms with van der Waals surface area (Å²) in [7, 11) is 0. The molecule has 2 N–H and O–H groups in total. The van der Waals surface area contributed by atoms with Crippen LogP contribution in [0.5, 0.6) is 5.75 Å². The van der Waals surface area contributed by atoms with Crippen LogP contribution in [-0.2, 0) is 6.42 Å². The SMILES string of the molecule is CCc1cc(-c2nc(-c3cc(C)nc(N(CC)CC)c3)no2)cc(C)c1OCC(O)CO. The molecule has 0 saturated heterocycles. The van der Waals surface area contributed by atoms with E-state index in [1.54, 1.807) is 0 Å². The molecule has 0 amide bonds. The summed E-state index contributed by atoms with van der Waals surface area (Å²) in [5.41, 5.74) is 4.43. The Morgan fingerprint density at radius 1 is 1.03 bits per heavy atom. The van der Waals surface area contributed by atoms with Crippen molar-refractivity contribution in [2.24, 2.45) is 0 Å². The number of benzene rings is 1. The Bertz CT molecular complexity index is 1050. The molecule has 172 valence electrons. The molecular formula is C24H32N4O4. The van der Waals surface area contributed by atoms with Crippen molar-refractivity contribution in [1.29, 1.82) is 0 Å². The van der Waals surface area contributed by atoms with Crippen LogP contribution in [0.25, 0.3) is 22.8 Å². The predicted octanol–water partition coefficient (Wildman–Crippen LogP) is 3.56. The molecular weight excluding hydrogens is 408 g/mol. The molecule has 0 fully saturated rings. The third-order valence-electron chi connectivity index (χ3n) is 5.32. The Balaban J connectivity index is 1.92. The summed E-state index contributed by atoms with van der Waals surface area (Å²) >= 11 is 0. The van der Waals surface area contributed by atoms with E-state index in [9.17, 15) is 5.11 Å². The molecule has 3 aromatic rings. The van der Waals surface area contributed by atoms with Gasteiger partial charge in [0.1, 0.15) is 24.3 Å². The smallest absolute Gasteiger partial charge is 0.258 e. The predicted molar refractivity (Wildman–Crippen MR) is 124 cm³/mol. The van der Waals surface area contributed by atoms with Crippen LogP contribution < -0.4 is 9.64 Å². The number of nitrogens with zero attached hydrogens (tertiary/aromatic N) is 4. The Labute approximate surface area is 188 Å². The monoisotopic (exact) mass is 440 g/mol. The van der Waals surface area contributed by atoms with Gasteiger partial charge in [-0.3, -0.25) is 0 Å². The lowest BCUT2D eigenvalue weighted by molar-refractivity contribution is 0.0531. The maximum absolute atomic E-state index is 9.61. The quantitative estimate of drug-likeness (QED) is 0.493. The second-order valence-corrected chi connectivity index (χ2v) is 7.73. The highest BCUT2D eigenvalue weighted by atomic mass is 16.5. The van der Waals surface area contributed by atoms with Crippen molar-refractivity contribution in [3.8, 4) is 28.6 Å². The first-order valence-corrected chi connectivity index (χ1v) is 11.0. The van der Waals surface area contributed by atoms with E-state index in [0.717, 1.165) is 53.3 Å². The molecule has 0 spiro atoms. The molecule has 32 heavy (non-hydrogen) atoms. The van der Waals surface area contributed by atoms with Gasteiger partial charge in [-0.1, -0.05) is 12.1 Å². The fourth-order valence-corrected chi connectivity index (χ4v) is 3.62. The number of hydrogen-bond acceptors (Lipinski definition) is 8. The number of aliphatic hydroxyl groups excluding tert-OH is 2. The van der Waals surface area contributed by atoms with Gasteiger partial charge in [-0.25, -0.2) is 4.98 Å². The fraction of sp³-hybridized carbons (Fsp3) is 0.458. The first-order chi connectivity index (χ1) is 15.4. The molecule has 2 aromatic heterocycles.